The van der Waals surface area contributed by atoms with Crippen LogP contribution in [0.1, 0.15) is 53.4 Å². The number of hydrogen-bond donors (Lipinski definition) is 1. The molecular weight excluding hydrogens is 186 g/mol. The molecule has 1 heterocycles. The van der Waals surface area contributed by atoms with Gasteiger partial charge in [0.15, 0.2) is 0 Å². The van der Waals surface area contributed by atoms with Gasteiger partial charge in [0.2, 0.25) is 0 Å². The van der Waals surface area contributed by atoms with E-state index in [1.165, 1.54) is 25.7 Å². The molecule has 4 atom stereocenters. The van der Waals surface area contributed by atoms with E-state index in [9.17, 15) is 0 Å². The highest BCUT2D eigenvalue weighted by molar-refractivity contribution is 4.85. The van der Waals surface area contributed by atoms with Crippen molar-refractivity contribution in [1.82, 2.24) is 5.32 Å². The molecule has 1 aliphatic heterocycles. The molecule has 2 heteroatoms. The van der Waals surface area contributed by atoms with E-state index in [1.54, 1.807) is 0 Å². The van der Waals surface area contributed by atoms with Gasteiger partial charge in [-0.1, -0.05) is 27.2 Å². The van der Waals surface area contributed by atoms with Crippen LogP contribution >= 0.6 is 0 Å². The molecule has 0 amide bonds. The third-order valence-corrected chi connectivity index (χ3v) is 3.55. The molecule has 0 saturated carbocycles. The van der Waals surface area contributed by atoms with E-state index in [0.717, 1.165) is 6.54 Å². The largest absolute Gasteiger partial charge is 0.374 e. The molecule has 0 aromatic carbocycles. The first-order valence-corrected chi connectivity index (χ1v) is 6.57. The van der Waals surface area contributed by atoms with Crippen molar-refractivity contribution in [2.75, 3.05) is 6.54 Å². The highest BCUT2D eigenvalue weighted by atomic mass is 16.5. The lowest BCUT2D eigenvalue weighted by Gasteiger charge is -2.29. The summed E-state index contributed by atoms with van der Waals surface area (Å²) in [5.41, 5.74) is 0. The van der Waals surface area contributed by atoms with E-state index >= 15 is 0 Å². The van der Waals surface area contributed by atoms with Crippen molar-refractivity contribution in [2.24, 2.45) is 5.92 Å². The molecule has 90 valence electrons. The lowest BCUT2D eigenvalue weighted by atomic mass is 9.92. The fourth-order valence-corrected chi connectivity index (χ4v) is 2.36. The van der Waals surface area contributed by atoms with Gasteiger partial charge in [-0.05, 0) is 38.6 Å². The lowest BCUT2D eigenvalue weighted by Crippen LogP contribution is -2.44. The van der Waals surface area contributed by atoms with Crippen molar-refractivity contribution < 1.29 is 4.74 Å². The molecule has 0 bridgehead atoms. The second kappa shape index (κ2) is 6.49. The summed E-state index contributed by atoms with van der Waals surface area (Å²) in [5.74, 6) is 0.715. The summed E-state index contributed by atoms with van der Waals surface area (Å²) >= 11 is 0. The predicted octanol–water partition coefficient (Wildman–Crippen LogP) is 2.97. The number of nitrogens with one attached hydrogen (secondary N) is 1. The van der Waals surface area contributed by atoms with E-state index in [0.29, 0.717) is 24.2 Å². The number of rotatable bonds is 6. The Kier molecular flexibility index (Phi) is 5.62. The molecule has 15 heavy (non-hydrogen) atoms. The summed E-state index contributed by atoms with van der Waals surface area (Å²) in [6.07, 6.45) is 5.80. The Labute approximate surface area is 94.8 Å². The van der Waals surface area contributed by atoms with Crippen LogP contribution in [0.5, 0.6) is 0 Å². The van der Waals surface area contributed by atoms with E-state index < -0.39 is 0 Å². The van der Waals surface area contributed by atoms with E-state index in [-0.39, 0.29) is 0 Å². The highest BCUT2D eigenvalue weighted by Gasteiger charge is 2.31. The first-order valence-electron chi connectivity index (χ1n) is 6.57. The van der Waals surface area contributed by atoms with Gasteiger partial charge in [0.1, 0.15) is 0 Å². The Morgan fingerprint density at radius 3 is 2.53 bits per heavy atom. The van der Waals surface area contributed by atoms with E-state index in [4.69, 9.17) is 4.74 Å². The maximum absolute atomic E-state index is 5.98. The molecule has 0 radical (unpaired) electrons. The van der Waals surface area contributed by atoms with Gasteiger partial charge in [-0.3, -0.25) is 0 Å². The third-order valence-electron chi connectivity index (χ3n) is 3.55. The summed E-state index contributed by atoms with van der Waals surface area (Å²) in [5, 5.41) is 3.66. The maximum atomic E-state index is 5.98. The maximum Gasteiger partial charge on any atom is 0.0735 e. The van der Waals surface area contributed by atoms with Crippen molar-refractivity contribution in [3.05, 3.63) is 0 Å². The van der Waals surface area contributed by atoms with Crippen LogP contribution in [-0.2, 0) is 4.74 Å². The van der Waals surface area contributed by atoms with Crippen LogP contribution < -0.4 is 5.32 Å². The zero-order chi connectivity index (χ0) is 11.3. The Morgan fingerprint density at radius 2 is 2.07 bits per heavy atom. The molecule has 0 spiro atoms. The fraction of sp³-hybridized carbons (Fsp3) is 1.00. The molecule has 1 saturated heterocycles. The molecule has 1 fully saturated rings. The predicted molar refractivity (Wildman–Crippen MR) is 65.1 cm³/mol. The Balaban J connectivity index is 2.47. The van der Waals surface area contributed by atoms with Crippen LogP contribution in [0.4, 0.5) is 0 Å². The van der Waals surface area contributed by atoms with Crippen LogP contribution in [0.2, 0.25) is 0 Å². The third kappa shape index (κ3) is 3.76. The van der Waals surface area contributed by atoms with Gasteiger partial charge < -0.3 is 10.1 Å². The standard InChI is InChI=1S/C13H27NO/c1-5-9-14-13(10(3)6-2)12-8-7-11(4)15-12/h10-14H,5-9H2,1-4H3. The minimum absolute atomic E-state index is 0.446. The minimum atomic E-state index is 0.446. The van der Waals surface area contributed by atoms with Crippen LogP contribution in [0.25, 0.3) is 0 Å². The molecule has 1 rings (SSSR count). The summed E-state index contributed by atoms with van der Waals surface area (Å²) in [7, 11) is 0. The molecule has 0 aromatic heterocycles. The first kappa shape index (κ1) is 13.0. The van der Waals surface area contributed by atoms with Crippen molar-refractivity contribution >= 4 is 0 Å². The van der Waals surface area contributed by atoms with Gasteiger partial charge in [-0.15, -0.1) is 0 Å². The lowest BCUT2D eigenvalue weighted by molar-refractivity contribution is 0.0188. The summed E-state index contributed by atoms with van der Waals surface area (Å²) < 4.78 is 5.98. The van der Waals surface area contributed by atoms with Gasteiger partial charge >= 0.3 is 0 Å². The second-order valence-corrected chi connectivity index (χ2v) is 4.93. The SMILES string of the molecule is CCCNC(C(C)CC)C1CCC(C)O1. The van der Waals surface area contributed by atoms with Gasteiger partial charge in [-0.25, -0.2) is 0 Å². The Bertz CT molecular complexity index is 172. The molecule has 0 aromatic rings. The zero-order valence-electron chi connectivity index (χ0n) is 10.8. The number of ether oxygens (including phenoxy) is 1. The fourth-order valence-electron chi connectivity index (χ4n) is 2.36. The van der Waals surface area contributed by atoms with E-state index in [1.807, 2.05) is 0 Å². The topological polar surface area (TPSA) is 21.3 Å². The van der Waals surface area contributed by atoms with Crippen molar-refractivity contribution in [3.8, 4) is 0 Å². The van der Waals surface area contributed by atoms with Crippen molar-refractivity contribution in [1.29, 1.82) is 0 Å². The molecule has 0 aliphatic carbocycles. The van der Waals surface area contributed by atoms with Crippen molar-refractivity contribution in [2.45, 2.75) is 71.6 Å². The Hall–Kier alpha value is -0.0800. The van der Waals surface area contributed by atoms with Gasteiger partial charge in [0.05, 0.1) is 12.2 Å². The van der Waals surface area contributed by atoms with Crippen molar-refractivity contribution in [3.63, 3.8) is 0 Å². The summed E-state index contributed by atoms with van der Waals surface area (Å²) in [4.78, 5) is 0. The quantitative estimate of drug-likeness (QED) is 0.732. The average Bonchev–Trinajstić information content (AvgIpc) is 2.65. The molecule has 1 N–H and O–H groups in total. The average molecular weight is 213 g/mol. The molecule has 1 aliphatic rings. The van der Waals surface area contributed by atoms with Crippen LogP contribution in [-0.4, -0.2) is 24.8 Å². The monoisotopic (exact) mass is 213 g/mol. The van der Waals surface area contributed by atoms with Gasteiger partial charge in [-0.2, -0.15) is 0 Å². The zero-order valence-corrected chi connectivity index (χ0v) is 10.8. The normalized spacial score (nSPS) is 30.4. The molecule has 2 nitrogen and oxygen atoms in total. The van der Waals surface area contributed by atoms with Crippen LogP contribution in [0, 0.1) is 5.92 Å². The van der Waals surface area contributed by atoms with E-state index in [2.05, 4.69) is 33.0 Å². The summed E-state index contributed by atoms with van der Waals surface area (Å²) in [6.45, 7) is 10.1. The summed E-state index contributed by atoms with van der Waals surface area (Å²) in [6, 6.07) is 0.555. The minimum Gasteiger partial charge on any atom is -0.374 e. The number of hydrogen-bond acceptors (Lipinski definition) is 2. The van der Waals surface area contributed by atoms with Crippen LogP contribution in [0.3, 0.4) is 0 Å². The molecule has 4 unspecified atom stereocenters. The highest BCUT2D eigenvalue weighted by Crippen LogP contribution is 2.26. The Morgan fingerprint density at radius 1 is 1.33 bits per heavy atom. The second-order valence-electron chi connectivity index (χ2n) is 4.93. The first-order chi connectivity index (χ1) is 7.19. The van der Waals surface area contributed by atoms with Gasteiger partial charge in [0, 0.05) is 6.04 Å². The smallest absolute Gasteiger partial charge is 0.0735 e. The van der Waals surface area contributed by atoms with Gasteiger partial charge in [0.25, 0.3) is 0 Å². The van der Waals surface area contributed by atoms with Crippen LogP contribution in [0.15, 0.2) is 0 Å². The molecular formula is C13H27NO.